The van der Waals surface area contributed by atoms with E-state index in [2.05, 4.69) is 56.3 Å². The molecule has 0 aromatic heterocycles. The molecule has 0 aliphatic heterocycles. The molecule has 1 unspecified atom stereocenters. The van der Waals surface area contributed by atoms with Crippen LogP contribution in [-0.4, -0.2) is 25.0 Å². The molecule has 0 N–H and O–H groups in total. The van der Waals surface area contributed by atoms with Gasteiger partial charge in [-0.05, 0) is 45.3 Å². The van der Waals surface area contributed by atoms with E-state index < -0.39 is 0 Å². The van der Waals surface area contributed by atoms with Crippen molar-refractivity contribution in [1.82, 2.24) is 4.90 Å². The molecule has 0 amide bonds. The molecule has 0 saturated heterocycles. The van der Waals surface area contributed by atoms with Gasteiger partial charge in [-0.25, -0.2) is 0 Å². The predicted octanol–water partition coefficient (Wildman–Crippen LogP) is 3.74. The molecule has 1 nitrogen and oxygen atoms in total. The monoisotopic (exact) mass is 219 g/mol. The molecule has 0 aliphatic rings. The van der Waals surface area contributed by atoms with E-state index in [0.29, 0.717) is 0 Å². The number of benzene rings is 1. The molecular weight excluding hydrogens is 194 g/mol. The van der Waals surface area contributed by atoms with Crippen LogP contribution in [0.3, 0.4) is 0 Å². The van der Waals surface area contributed by atoms with E-state index in [1.165, 1.54) is 37.7 Å². The summed E-state index contributed by atoms with van der Waals surface area (Å²) in [5.74, 6) is 0. The van der Waals surface area contributed by atoms with Gasteiger partial charge in [-0.3, -0.25) is 0 Å². The number of hydrogen-bond acceptors (Lipinski definition) is 1. The minimum Gasteiger partial charge on any atom is -0.306 e. The molecule has 1 aromatic carbocycles. The molecule has 1 atom stereocenters. The van der Waals surface area contributed by atoms with E-state index >= 15 is 0 Å². The summed E-state index contributed by atoms with van der Waals surface area (Å²) in [7, 11) is 4.39. The minimum absolute atomic E-state index is 0.758. The van der Waals surface area contributed by atoms with Crippen molar-refractivity contribution in [3.8, 4) is 0 Å². The van der Waals surface area contributed by atoms with Gasteiger partial charge in [0.05, 0.1) is 0 Å². The molecular formula is C15H25N. The zero-order chi connectivity index (χ0) is 11.8. The van der Waals surface area contributed by atoms with Gasteiger partial charge in [-0.2, -0.15) is 0 Å². The zero-order valence-electron chi connectivity index (χ0n) is 10.9. The first kappa shape index (κ1) is 13.2. The molecule has 0 radical (unpaired) electrons. The Morgan fingerprint density at radius 3 is 2.31 bits per heavy atom. The van der Waals surface area contributed by atoms with Crippen molar-refractivity contribution in [1.29, 1.82) is 0 Å². The predicted molar refractivity (Wildman–Crippen MR) is 71.8 cm³/mol. The molecule has 90 valence electrons. The van der Waals surface area contributed by atoms with E-state index in [1.807, 2.05) is 0 Å². The fourth-order valence-corrected chi connectivity index (χ4v) is 2.18. The summed E-state index contributed by atoms with van der Waals surface area (Å²) < 4.78 is 0. The standard InChI is InChI=1S/C15H25N/c1-4-9-15(16(2)3)13-8-12-14-10-6-5-7-11-14/h5-7,10-11,15H,4,8-9,12-13H2,1-3H3. The number of nitrogens with zero attached hydrogens (tertiary/aromatic N) is 1. The smallest absolute Gasteiger partial charge is 0.00891 e. The quantitative estimate of drug-likeness (QED) is 0.675. The van der Waals surface area contributed by atoms with Crippen molar-refractivity contribution in [2.45, 2.75) is 45.1 Å². The first-order valence-corrected chi connectivity index (χ1v) is 6.44. The molecule has 16 heavy (non-hydrogen) atoms. The molecule has 1 aromatic rings. The third-order valence-corrected chi connectivity index (χ3v) is 3.20. The molecule has 0 bridgehead atoms. The van der Waals surface area contributed by atoms with Gasteiger partial charge in [-0.15, -0.1) is 0 Å². The summed E-state index contributed by atoms with van der Waals surface area (Å²) in [5.41, 5.74) is 1.47. The zero-order valence-corrected chi connectivity index (χ0v) is 10.9. The van der Waals surface area contributed by atoms with Crippen LogP contribution in [0.15, 0.2) is 30.3 Å². The van der Waals surface area contributed by atoms with Gasteiger partial charge in [0.25, 0.3) is 0 Å². The Labute approximate surface area is 100 Å². The number of rotatable bonds is 7. The normalized spacial score (nSPS) is 13.0. The second kappa shape index (κ2) is 7.45. The average molecular weight is 219 g/mol. The first-order chi connectivity index (χ1) is 7.74. The lowest BCUT2D eigenvalue weighted by Gasteiger charge is -2.23. The molecule has 1 rings (SSSR count). The highest BCUT2D eigenvalue weighted by molar-refractivity contribution is 5.14. The third kappa shape index (κ3) is 4.80. The van der Waals surface area contributed by atoms with Crippen molar-refractivity contribution in [3.63, 3.8) is 0 Å². The summed E-state index contributed by atoms with van der Waals surface area (Å²) in [6.07, 6.45) is 6.44. The fourth-order valence-electron chi connectivity index (χ4n) is 2.18. The second-order valence-corrected chi connectivity index (χ2v) is 4.78. The lowest BCUT2D eigenvalue weighted by atomic mass is 10.0. The lowest BCUT2D eigenvalue weighted by molar-refractivity contribution is 0.258. The Morgan fingerprint density at radius 2 is 1.75 bits per heavy atom. The van der Waals surface area contributed by atoms with Gasteiger partial charge in [0.1, 0.15) is 0 Å². The number of hydrogen-bond donors (Lipinski definition) is 0. The molecule has 0 heterocycles. The summed E-state index contributed by atoms with van der Waals surface area (Å²) >= 11 is 0. The van der Waals surface area contributed by atoms with Crippen molar-refractivity contribution in [2.75, 3.05) is 14.1 Å². The van der Waals surface area contributed by atoms with Crippen LogP contribution in [0.4, 0.5) is 0 Å². The van der Waals surface area contributed by atoms with Crippen LogP contribution in [0, 0.1) is 0 Å². The van der Waals surface area contributed by atoms with Crippen LogP contribution in [-0.2, 0) is 6.42 Å². The van der Waals surface area contributed by atoms with Crippen LogP contribution in [0.2, 0.25) is 0 Å². The minimum atomic E-state index is 0.758. The van der Waals surface area contributed by atoms with E-state index in [0.717, 1.165) is 6.04 Å². The Balaban J connectivity index is 2.28. The largest absolute Gasteiger partial charge is 0.306 e. The fraction of sp³-hybridized carbons (Fsp3) is 0.600. The Kier molecular flexibility index (Phi) is 6.17. The topological polar surface area (TPSA) is 3.24 Å². The highest BCUT2D eigenvalue weighted by Gasteiger charge is 2.09. The van der Waals surface area contributed by atoms with Crippen LogP contribution in [0.25, 0.3) is 0 Å². The first-order valence-electron chi connectivity index (χ1n) is 6.44. The number of aryl methyl sites for hydroxylation is 1. The maximum Gasteiger partial charge on any atom is 0.00891 e. The van der Waals surface area contributed by atoms with Crippen LogP contribution >= 0.6 is 0 Å². The average Bonchev–Trinajstić information content (AvgIpc) is 2.29. The molecule has 0 aliphatic carbocycles. The van der Waals surface area contributed by atoms with Gasteiger partial charge in [-0.1, -0.05) is 43.7 Å². The van der Waals surface area contributed by atoms with Gasteiger partial charge >= 0.3 is 0 Å². The maximum absolute atomic E-state index is 2.37. The Bertz CT molecular complexity index is 266. The van der Waals surface area contributed by atoms with Crippen molar-refractivity contribution in [2.24, 2.45) is 0 Å². The summed E-state index contributed by atoms with van der Waals surface area (Å²) in [4.78, 5) is 2.37. The van der Waals surface area contributed by atoms with E-state index in [4.69, 9.17) is 0 Å². The molecule has 0 saturated carbocycles. The molecule has 0 fully saturated rings. The van der Waals surface area contributed by atoms with Crippen LogP contribution in [0.1, 0.15) is 38.2 Å². The third-order valence-electron chi connectivity index (χ3n) is 3.20. The van der Waals surface area contributed by atoms with Gasteiger partial charge < -0.3 is 4.90 Å². The highest BCUT2D eigenvalue weighted by atomic mass is 15.1. The molecule has 1 heteroatoms. The Morgan fingerprint density at radius 1 is 1.06 bits per heavy atom. The van der Waals surface area contributed by atoms with Crippen LogP contribution < -0.4 is 0 Å². The van der Waals surface area contributed by atoms with Crippen molar-refractivity contribution in [3.05, 3.63) is 35.9 Å². The van der Waals surface area contributed by atoms with Gasteiger partial charge in [0.2, 0.25) is 0 Å². The van der Waals surface area contributed by atoms with E-state index in [1.54, 1.807) is 0 Å². The maximum atomic E-state index is 2.37. The Hall–Kier alpha value is -0.820. The van der Waals surface area contributed by atoms with Crippen LogP contribution in [0.5, 0.6) is 0 Å². The lowest BCUT2D eigenvalue weighted by Crippen LogP contribution is -2.27. The van der Waals surface area contributed by atoms with E-state index in [9.17, 15) is 0 Å². The summed E-state index contributed by atoms with van der Waals surface area (Å²) in [6.45, 7) is 2.27. The van der Waals surface area contributed by atoms with Crippen molar-refractivity contribution >= 4 is 0 Å². The SMILES string of the molecule is CCCC(CCCc1ccccc1)N(C)C. The summed E-state index contributed by atoms with van der Waals surface area (Å²) in [6, 6.07) is 11.6. The second-order valence-electron chi connectivity index (χ2n) is 4.78. The van der Waals surface area contributed by atoms with Crippen molar-refractivity contribution < 1.29 is 0 Å². The van der Waals surface area contributed by atoms with Gasteiger partial charge in [0, 0.05) is 6.04 Å². The highest BCUT2D eigenvalue weighted by Crippen LogP contribution is 2.13. The molecule has 0 spiro atoms. The summed E-state index contributed by atoms with van der Waals surface area (Å²) in [5, 5.41) is 0. The van der Waals surface area contributed by atoms with E-state index in [-0.39, 0.29) is 0 Å². The van der Waals surface area contributed by atoms with Gasteiger partial charge in [0.15, 0.2) is 0 Å².